The Hall–Kier alpha value is -1.53. The first-order chi connectivity index (χ1) is 10.3. The lowest BCUT2D eigenvalue weighted by Crippen LogP contribution is -2.09. The third-order valence-electron chi connectivity index (χ3n) is 2.32. The number of nitrogens with one attached hydrogen (secondary N) is 2. The maximum atomic E-state index is 9.18. The molecule has 0 fully saturated rings. The molecule has 0 spiro atoms. The van der Waals surface area contributed by atoms with Gasteiger partial charge in [0.05, 0.1) is 17.1 Å². The second kappa shape index (κ2) is 11.2. The quantitative estimate of drug-likeness (QED) is 0.201. The van der Waals surface area contributed by atoms with Crippen LogP contribution in [0.2, 0.25) is 0 Å². The Morgan fingerprint density at radius 2 is 2.33 bits per heavy atom. The van der Waals surface area contributed by atoms with Crippen molar-refractivity contribution < 1.29 is 0 Å². The number of anilines is 1. The van der Waals surface area contributed by atoms with Crippen molar-refractivity contribution in [3.05, 3.63) is 23.8 Å². The van der Waals surface area contributed by atoms with Gasteiger partial charge in [0.25, 0.3) is 0 Å². The molecular weight excluding hydrogens is 304 g/mol. The van der Waals surface area contributed by atoms with Gasteiger partial charge in [-0.25, -0.2) is 9.12 Å². The Morgan fingerprint density at radius 3 is 3.05 bits per heavy atom. The molecule has 0 aliphatic rings. The smallest absolute Gasteiger partial charge is 0.122 e. The highest BCUT2D eigenvalue weighted by atomic mass is 32.2. The van der Waals surface area contributed by atoms with E-state index in [-0.39, 0.29) is 0 Å². The number of aliphatic imine (C=N–C) groups is 1. The molecule has 0 saturated carbocycles. The van der Waals surface area contributed by atoms with Crippen LogP contribution in [-0.2, 0) is 0 Å². The van der Waals surface area contributed by atoms with Gasteiger partial charge in [0.1, 0.15) is 12.4 Å². The molecule has 1 aromatic rings. The van der Waals surface area contributed by atoms with Gasteiger partial charge in [-0.15, -0.1) is 0 Å². The number of rotatable bonds is 10. The summed E-state index contributed by atoms with van der Waals surface area (Å²) in [4.78, 5) is 4.48. The standard InChI is InChI=1S/C13H18N6S2/c1-16-9-18-20-10-19-21-12-3-4-13(11(7-12)8-15)17-6-2-5-14/h3-4,7,9,17,19H,1-2,5-6,10,14H2/b18-9-. The molecule has 0 radical (unpaired) electrons. The van der Waals surface area contributed by atoms with Crippen LogP contribution >= 0.6 is 23.9 Å². The molecular formula is C13H18N6S2. The number of nitriles is 1. The summed E-state index contributed by atoms with van der Waals surface area (Å²) in [6, 6.07) is 7.92. The zero-order valence-corrected chi connectivity index (χ0v) is 13.2. The summed E-state index contributed by atoms with van der Waals surface area (Å²) in [6.07, 6.45) is 2.27. The minimum Gasteiger partial charge on any atom is -0.384 e. The Morgan fingerprint density at radius 1 is 1.48 bits per heavy atom. The van der Waals surface area contributed by atoms with E-state index in [1.54, 1.807) is 0 Å². The Kier molecular flexibility index (Phi) is 9.32. The number of nitrogens with zero attached hydrogens (tertiary/aromatic N) is 3. The van der Waals surface area contributed by atoms with Crippen LogP contribution in [0.25, 0.3) is 0 Å². The van der Waals surface area contributed by atoms with E-state index in [0.717, 1.165) is 23.5 Å². The molecule has 6 nitrogen and oxygen atoms in total. The number of benzene rings is 1. The van der Waals surface area contributed by atoms with Crippen molar-refractivity contribution >= 4 is 42.6 Å². The van der Waals surface area contributed by atoms with Gasteiger partial charge in [-0.05, 0) is 61.8 Å². The third-order valence-corrected chi connectivity index (χ3v) is 3.80. The van der Waals surface area contributed by atoms with Crippen molar-refractivity contribution in [2.45, 2.75) is 11.3 Å². The molecule has 0 atom stereocenters. The van der Waals surface area contributed by atoms with Crippen LogP contribution in [0.1, 0.15) is 12.0 Å². The van der Waals surface area contributed by atoms with E-state index in [2.05, 4.69) is 32.2 Å². The van der Waals surface area contributed by atoms with Gasteiger partial charge >= 0.3 is 0 Å². The zero-order valence-electron chi connectivity index (χ0n) is 11.6. The lowest BCUT2D eigenvalue weighted by molar-refractivity contribution is 0.874. The van der Waals surface area contributed by atoms with Gasteiger partial charge in [-0.3, -0.25) is 4.99 Å². The van der Waals surface area contributed by atoms with Crippen LogP contribution in [-0.4, -0.2) is 32.0 Å². The summed E-state index contributed by atoms with van der Waals surface area (Å²) in [5.41, 5.74) is 6.91. The molecule has 0 aliphatic heterocycles. The Labute approximate surface area is 133 Å². The van der Waals surface area contributed by atoms with E-state index >= 15 is 0 Å². The minimum absolute atomic E-state index is 0.625. The van der Waals surface area contributed by atoms with E-state index in [9.17, 15) is 5.26 Å². The fourth-order valence-electron chi connectivity index (χ4n) is 1.40. The van der Waals surface area contributed by atoms with Crippen molar-refractivity contribution in [1.29, 1.82) is 5.26 Å². The van der Waals surface area contributed by atoms with Crippen LogP contribution < -0.4 is 15.8 Å². The maximum Gasteiger partial charge on any atom is 0.122 e. The zero-order chi connectivity index (χ0) is 15.3. The molecule has 0 saturated heterocycles. The van der Waals surface area contributed by atoms with Crippen LogP contribution in [0.5, 0.6) is 0 Å². The van der Waals surface area contributed by atoms with Crippen LogP contribution in [0.4, 0.5) is 5.69 Å². The summed E-state index contributed by atoms with van der Waals surface area (Å²) in [6.45, 7) is 4.70. The van der Waals surface area contributed by atoms with Gasteiger partial charge in [0.15, 0.2) is 0 Å². The summed E-state index contributed by atoms with van der Waals surface area (Å²) in [5, 5.41) is 12.4. The fraction of sp³-hybridized carbons (Fsp3) is 0.308. The Balaban J connectivity index is 2.47. The van der Waals surface area contributed by atoms with Gasteiger partial charge in [0.2, 0.25) is 0 Å². The molecule has 0 aromatic heterocycles. The first kappa shape index (κ1) is 17.5. The van der Waals surface area contributed by atoms with Crippen molar-refractivity contribution in [2.75, 3.05) is 24.3 Å². The average Bonchev–Trinajstić information content (AvgIpc) is 2.52. The van der Waals surface area contributed by atoms with Gasteiger partial charge in [-0.1, -0.05) is 0 Å². The van der Waals surface area contributed by atoms with Gasteiger partial charge < -0.3 is 11.1 Å². The van der Waals surface area contributed by atoms with Crippen molar-refractivity contribution in [1.82, 2.24) is 4.72 Å². The van der Waals surface area contributed by atoms with Crippen molar-refractivity contribution in [2.24, 2.45) is 15.1 Å². The molecule has 1 rings (SSSR count). The molecule has 0 amide bonds. The molecule has 21 heavy (non-hydrogen) atoms. The average molecular weight is 322 g/mol. The minimum atomic E-state index is 0.625. The highest BCUT2D eigenvalue weighted by Crippen LogP contribution is 2.22. The number of hydrogen-bond acceptors (Lipinski definition) is 7. The number of hydrogen-bond donors (Lipinski definition) is 3. The molecule has 0 unspecified atom stereocenters. The molecule has 8 heteroatoms. The normalized spacial score (nSPS) is 10.5. The molecule has 0 heterocycles. The summed E-state index contributed by atoms with van der Waals surface area (Å²) < 4.78 is 7.07. The lowest BCUT2D eigenvalue weighted by Gasteiger charge is -2.09. The molecule has 4 N–H and O–H groups in total. The van der Waals surface area contributed by atoms with Crippen LogP contribution in [0.15, 0.2) is 32.5 Å². The maximum absolute atomic E-state index is 9.18. The van der Waals surface area contributed by atoms with Gasteiger partial charge in [0, 0.05) is 11.4 Å². The fourth-order valence-corrected chi connectivity index (χ4v) is 2.54. The predicted molar refractivity (Wildman–Crippen MR) is 92.8 cm³/mol. The van der Waals surface area contributed by atoms with E-state index < -0.39 is 0 Å². The van der Waals surface area contributed by atoms with E-state index in [1.165, 1.54) is 30.2 Å². The van der Waals surface area contributed by atoms with Crippen molar-refractivity contribution in [3.63, 3.8) is 0 Å². The van der Waals surface area contributed by atoms with Gasteiger partial charge in [-0.2, -0.15) is 5.26 Å². The van der Waals surface area contributed by atoms with Crippen LogP contribution in [0.3, 0.4) is 0 Å². The second-order valence-corrected chi connectivity index (χ2v) is 5.53. The van der Waals surface area contributed by atoms with Crippen molar-refractivity contribution in [3.8, 4) is 6.07 Å². The molecule has 1 aromatic carbocycles. The second-order valence-electron chi connectivity index (χ2n) is 3.81. The summed E-state index contributed by atoms with van der Waals surface area (Å²) in [7, 11) is 0. The largest absolute Gasteiger partial charge is 0.384 e. The molecule has 112 valence electrons. The first-order valence-corrected chi connectivity index (χ1v) is 8.05. The third kappa shape index (κ3) is 7.15. The van der Waals surface area contributed by atoms with E-state index in [1.807, 2.05) is 18.2 Å². The highest BCUT2D eigenvalue weighted by Gasteiger charge is 2.03. The summed E-state index contributed by atoms with van der Waals surface area (Å²) >= 11 is 2.79. The Bertz CT molecular complexity index is 512. The highest BCUT2D eigenvalue weighted by molar-refractivity contribution is 8.01. The van der Waals surface area contributed by atoms with E-state index in [4.69, 9.17) is 5.73 Å². The summed E-state index contributed by atoms with van der Waals surface area (Å²) in [5.74, 6) is 0.634. The monoisotopic (exact) mass is 322 g/mol. The SMILES string of the molecule is C=N/C=N\SCNSc1ccc(NCCCN)c(C#N)c1. The lowest BCUT2D eigenvalue weighted by atomic mass is 10.2. The molecule has 0 bridgehead atoms. The van der Waals surface area contributed by atoms with Crippen LogP contribution in [0, 0.1) is 11.3 Å². The number of nitrogens with two attached hydrogens (primary N) is 1. The predicted octanol–water partition coefficient (Wildman–Crippen LogP) is 2.25. The first-order valence-electron chi connectivity index (χ1n) is 6.29. The molecule has 0 aliphatic carbocycles. The topological polar surface area (TPSA) is 98.6 Å². The van der Waals surface area contributed by atoms with E-state index in [0.29, 0.717) is 18.0 Å².